The molecule has 6 nitrogen and oxygen atoms in total. The zero-order valence-electron chi connectivity index (χ0n) is 13.1. The van der Waals surface area contributed by atoms with E-state index >= 15 is 0 Å². The summed E-state index contributed by atoms with van der Waals surface area (Å²) < 4.78 is 38.7. The molecule has 0 unspecified atom stereocenters. The molecule has 9 heteroatoms. The maximum absolute atomic E-state index is 12.9. The smallest absolute Gasteiger partial charge is 0.383 e. The molecule has 0 aliphatic heterocycles. The Hall–Kier alpha value is -2.84. The first kappa shape index (κ1) is 15.7. The van der Waals surface area contributed by atoms with E-state index in [9.17, 15) is 13.2 Å². The highest BCUT2D eigenvalue weighted by molar-refractivity contribution is 5.80. The Balaban J connectivity index is 1.78. The van der Waals surface area contributed by atoms with Crippen molar-refractivity contribution in [2.45, 2.75) is 31.5 Å². The van der Waals surface area contributed by atoms with E-state index in [0.717, 1.165) is 42.2 Å². The summed E-state index contributed by atoms with van der Waals surface area (Å²) in [4.78, 5) is 17.0. The summed E-state index contributed by atoms with van der Waals surface area (Å²) in [5.74, 6) is -0.413. The quantitative estimate of drug-likeness (QED) is 0.755. The second kappa shape index (κ2) is 5.61. The molecule has 3 N–H and O–H groups in total. The lowest BCUT2D eigenvalue weighted by molar-refractivity contribution is -0.137. The fourth-order valence-electron chi connectivity index (χ4n) is 2.91. The number of halogens is 3. The Morgan fingerprint density at radius 3 is 2.64 bits per heavy atom. The Labute approximate surface area is 140 Å². The number of hydrogen-bond donors (Lipinski definition) is 2. The molecule has 0 spiro atoms. The van der Waals surface area contributed by atoms with Crippen molar-refractivity contribution in [2.75, 3.05) is 10.6 Å². The van der Waals surface area contributed by atoms with E-state index in [4.69, 9.17) is 5.73 Å². The molecule has 3 aromatic heterocycles. The predicted molar refractivity (Wildman–Crippen MR) is 87.3 cm³/mol. The van der Waals surface area contributed by atoms with Crippen LogP contribution < -0.4 is 10.6 Å². The van der Waals surface area contributed by atoms with Gasteiger partial charge in [-0.3, -0.25) is 0 Å². The van der Waals surface area contributed by atoms with Crippen molar-refractivity contribution >= 4 is 28.5 Å². The number of nitrogen functional groups attached to an aromatic ring is 1. The topological polar surface area (TPSA) is 83.7 Å². The second-order valence-electron chi connectivity index (χ2n) is 6.03. The average Bonchev–Trinajstić information content (AvgIpc) is 2.96. The van der Waals surface area contributed by atoms with Crippen molar-refractivity contribution < 1.29 is 13.2 Å². The van der Waals surface area contributed by atoms with E-state index in [-0.39, 0.29) is 12.0 Å². The lowest BCUT2D eigenvalue weighted by Crippen LogP contribution is -2.38. The highest BCUT2D eigenvalue weighted by Crippen LogP contribution is 2.37. The van der Waals surface area contributed by atoms with E-state index in [1.165, 1.54) is 0 Å². The fourth-order valence-corrected chi connectivity index (χ4v) is 2.91. The van der Waals surface area contributed by atoms with Gasteiger partial charge in [0.15, 0.2) is 0 Å². The van der Waals surface area contributed by atoms with Gasteiger partial charge in [0.2, 0.25) is 5.95 Å². The molecular formula is C16H15F3N6. The third-order valence-corrected chi connectivity index (χ3v) is 4.43. The summed E-state index contributed by atoms with van der Waals surface area (Å²) >= 11 is 0. The average molecular weight is 348 g/mol. The normalized spacial score (nSPS) is 15.3. The Bertz CT molecular complexity index is 916. The van der Waals surface area contributed by atoms with Crippen molar-refractivity contribution in [1.29, 1.82) is 0 Å². The highest BCUT2D eigenvalue weighted by atomic mass is 19.4. The molecule has 0 radical (unpaired) electrons. The molecule has 1 saturated carbocycles. The summed E-state index contributed by atoms with van der Waals surface area (Å²) in [5, 5.41) is 0.904. The second-order valence-corrected chi connectivity index (χ2v) is 6.03. The molecule has 25 heavy (non-hydrogen) atoms. The van der Waals surface area contributed by atoms with Crippen LogP contribution in [0, 0.1) is 0 Å². The van der Waals surface area contributed by atoms with Crippen molar-refractivity contribution in [3.63, 3.8) is 0 Å². The Morgan fingerprint density at radius 1 is 1.20 bits per heavy atom. The number of pyridine rings is 1. The van der Waals surface area contributed by atoms with Crippen LogP contribution in [0.3, 0.4) is 0 Å². The predicted octanol–water partition coefficient (Wildman–Crippen LogP) is 3.64. The van der Waals surface area contributed by atoms with E-state index in [2.05, 4.69) is 19.9 Å². The van der Waals surface area contributed by atoms with Crippen LogP contribution in [-0.2, 0) is 6.18 Å². The van der Waals surface area contributed by atoms with Crippen LogP contribution >= 0.6 is 0 Å². The minimum absolute atomic E-state index is 0.120. The van der Waals surface area contributed by atoms with Gasteiger partial charge in [0, 0.05) is 23.8 Å². The molecule has 1 aliphatic rings. The molecule has 0 aromatic carbocycles. The van der Waals surface area contributed by atoms with Crippen molar-refractivity contribution in [2.24, 2.45) is 0 Å². The van der Waals surface area contributed by atoms with Crippen LogP contribution in [0.15, 0.2) is 30.7 Å². The zero-order chi connectivity index (χ0) is 17.6. The van der Waals surface area contributed by atoms with E-state index in [0.29, 0.717) is 0 Å². The molecule has 1 aliphatic carbocycles. The number of H-pyrrole nitrogens is 1. The summed E-state index contributed by atoms with van der Waals surface area (Å²) in [5.41, 5.74) is 5.99. The van der Waals surface area contributed by atoms with Crippen molar-refractivity contribution in [3.8, 4) is 0 Å². The van der Waals surface area contributed by atoms with Crippen LogP contribution in [0.5, 0.6) is 0 Å². The van der Waals surface area contributed by atoms with Gasteiger partial charge in [0.05, 0.1) is 11.9 Å². The van der Waals surface area contributed by atoms with Crippen molar-refractivity contribution in [1.82, 2.24) is 19.9 Å². The highest BCUT2D eigenvalue weighted by Gasteiger charge is 2.36. The number of nitrogens with one attached hydrogen (secondary N) is 1. The van der Waals surface area contributed by atoms with Crippen LogP contribution in [0.2, 0.25) is 0 Å². The number of aromatic nitrogens is 4. The number of fused-ring (bicyclic) bond motifs is 1. The monoisotopic (exact) mass is 348 g/mol. The number of rotatable bonds is 3. The third kappa shape index (κ3) is 2.75. The van der Waals surface area contributed by atoms with Gasteiger partial charge in [-0.05, 0) is 31.4 Å². The number of aromatic amines is 1. The van der Waals surface area contributed by atoms with Gasteiger partial charge in [0.1, 0.15) is 17.0 Å². The summed E-state index contributed by atoms with van der Waals surface area (Å²) in [6, 6.07) is 3.91. The SMILES string of the molecule is Nc1nc(N(c2cnc3[nH]ccc3c2)C2CCC2)ncc1C(F)(F)F. The number of anilines is 3. The Morgan fingerprint density at radius 2 is 2.00 bits per heavy atom. The van der Waals surface area contributed by atoms with Gasteiger partial charge in [-0.2, -0.15) is 18.2 Å². The van der Waals surface area contributed by atoms with Gasteiger partial charge in [-0.25, -0.2) is 9.97 Å². The molecule has 130 valence electrons. The third-order valence-electron chi connectivity index (χ3n) is 4.43. The Kier molecular flexibility index (Phi) is 3.52. The van der Waals surface area contributed by atoms with Crippen LogP contribution in [0.4, 0.5) is 30.6 Å². The first-order valence-electron chi connectivity index (χ1n) is 7.85. The number of alkyl halides is 3. The molecule has 4 rings (SSSR count). The number of nitrogens with zero attached hydrogens (tertiary/aromatic N) is 4. The van der Waals surface area contributed by atoms with Crippen LogP contribution in [-0.4, -0.2) is 26.0 Å². The molecule has 0 bridgehead atoms. The van der Waals surface area contributed by atoms with Gasteiger partial charge >= 0.3 is 6.18 Å². The maximum Gasteiger partial charge on any atom is 0.421 e. The minimum Gasteiger partial charge on any atom is -0.383 e. The van der Waals surface area contributed by atoms with E-state index in [1.54, 1.807) is 12.4 Å². The molecular weight excluding hydrogens is 333 g/mol. The van der Waals surface area contributed by atoms with Crippen LogP contribution in [0.1, 0.15) is 24.8 Å². The molecule has 3 heterocycles. The fraction of sp³-hybridized carbons (Fsp3) is 0.312. The van der Waals surface area contributed by atoms with Gasteiger partial charge in [-0.1, -0.05) is 0 Å². The standard InChI is InChI=1S/C16H15F3N6/c17-16(18,19)12-8-23-15(24-13(12)20)25(10-2-1-3-10)11-6-9-4-5-21-14(9)22-7-11/h4-8,10H,1-3H2,(H,21,22)(H2,20,23,24). The molecule has 0 amide bonds. The number of hydrogen-bond acceptors (Lipinski definition) is 5. The summed E-state index contributed by atoms with van der Waals surface area (Å²) in [6.45, 7) is 0. The number of nitrogens with two attached hydrogens (primary N) is 1. The first-order chi connectivity index (χ1) is 11.9. The largest absolute Gasteiger partial charge is 0.421 e. The van der Waals surface area contributed by atoms with Gasteiger partial charge in [0.25, 0.3) is 0 Å². The lowest BCUT2D eigenvalue weighted by atomic mass is 9.91. The maximum atomic E-state index is 12.9. The first-order valence-corrected chi connectivity index (χ1v) is 7.85. The molecule has 0 atom stereocenters. The molecule has 1 fully saturated rings. The van der Waals surface area contributed by atoms with Crippen LogP contribution in [0.25, 0.3) is 11.0 Å². The van der Waals surface area contributed by atoms with Crippen molar-refractivity contribution in [3.05, 3.63) is 36.3 Å². The minimum atomic E-state index is -4.57. The van der Waals surface area contributed by atoms with E-state index < -0.39 is 17.6 Å². The summed E-state index contributed by atoms with van der Waals surface area (Å²) in [6.07, 6.45) is 2.49. The lowest BCUT2D eigenvalue weighted by Gasteiger charge is -2.37. The van der Waals surface area contributed by atoms with Gasteiger partial charge in [-0.15, -0.1) is 0 Å². The summed E-state index contributed by atoms with van der Waals surface area (Å²) in [7, 11) is 0. The van der Waals surface area contributed by atoms with Gasteiger partial charge < -0.3 is 15.6 Å². The zero-order valence-corrected chi connectivity index (χ0v) is 13.1. The molecule has 3 aromatic rings. The van der Waals surface area contributed by atoms with E-state index in [1.807, 2.05) is 17.0 Å². The molecule has 0 saturated heterocycles.